The van der Waals surface area contributed by atoms with Gasteiger partial charge in [0.05, 0.1) is 0 Å². The molecule has 1 nitrogen and oxygen atoms in total. The summed E-state index contributed by atoms with van der Waals surface area (Å²) < 4.78 is 0. The van der Waals surface area contributed by atoms with E-state index >= 15 is 0 Å². The number of benzene rings is 1. The lowest BCUT2D eigenvalue weighted by molar-refractivity contribution is 1.31. The van der Waals surface area contributed by atoms with Crippen molar-refractivity contribution in [2.45, 2.75) is 26.6 Å². The van der Waals surface area contributed by atoms with Crippen LogP contribution in [0.4, 0.5) is 0 Å². The molecule has 0 fully saturated rings. The molecule has 2 heteroatoms. The smallest absolute Gasteiger partial charge is 0.129 e. The summed E-state index contributed by atoms with van der Waals surface area (Å²) in [5.41, 5.74) is 5.48. The van der Waals surface area contributed by atoms with Crippen LogP contribution in [0.3, 0.4) is 0 Å². The van der Waals surface area contributed by atoms with E-state index in [0.29, 0.717) is 0 Å². The Balaban J connectivity index is 2.44. The minimum Gasteiger partial charge on any atom is -0.247 e. The van der Waals surface area contributed by atoms with Crippen LogP contribution >= 0.6 is 0 Å². The zero-order valence-electron chi connectivity index (χ0n) is 10.8. The predicted molar refractivity (Wildman–Crippen MR) is 76.7 cm³/mol. The van der Waals surface area contributed by atoms with Crippen LogP contribution in [-0.2, 0) is 0 Å². The second-order valence-corrected chi connectivity index (χ2v) is 10.2. The Hall–Kier alpha value is -1.59. The fourth-order valence-corrected chi connectivity index (χ4v) is 2.08. The zero-order valence-corrected chi connectivity index (χ0v) is 11.8. The maximum absolute atomic E-state index is 4.40. The number of pyridine rings is 1. The van der Waals surface area contributed by atoms with Gasteiger partial charge in [0.25, 0.3) is 0 Å². The summed E-state index contributed by atoms with van der Waals surface area (Å²) >= 11 is 0. The number of fused-ring (bicyclic) bond motifs is 1. The third-order valence-electron chi connectivity index (χ3n) is 2.44. The van der Waals surface area contributed by atoms with Crippen molar-refractivity contribution in [2.24, 2.45) is 0 Å². The van der Waals surface area contributed by atoms with Crippen LogP contribution < -0.4 is 0 Å². The van der Waals surface area contributed by atoms with Crippen LogP contribution in [0, 0.1) is 18.4 Å². The molecule has 0 atom stereocenters. The van der Waals surface area contributed by atoms with Gasteiger partial charge in [0, 0.05) is 11.6 Å². The third kappa shape index (κ3) is 3.18. The molecule has 0 spiro atoms. The molecule has 0 bridgehead atoms. The molecule has 0 saturated carbocycles. The lowest BCUT2D eigenvalue weighted by Crippen LogP contribution is -2.16. The van der Waals surface area contributed by atoms with E-state index in [1.165, 1.54) is 16.3 Å². The molecule has 0 aliphatic rings. The van der Waals surface area contributed by atoms with Crippen LogP contribution in [0.15, 0.2) is 30.5 Å². The molecule has 0 radical (unpaired) electrons. The van der Waals surface area contributed by atoms with Crippen molar-refractivity contribution in [3.8, 4) is 11.5 Å². The van der Waals surface area contributed by atoms with Crippen molar-refractivity contribution in [3.63, 3.8) is 0 Å². The van der Waals surface area contributed by atoms with Gasteiger partial charge in [-0.15, -0.1) is 5.54 Å². The molecule has 0 amide bonds. The Morgan fingerprint density at radius 1 is 1.06 bits per heavy atom. The Kier molecular flexibility index (Phi) is 3.04. The van der Waals surface area contributed by atoms with E-state index in [4.69, 9.17) is 0 Å². The van der Waals surface area contributed by atoms with E-state index in [1.807, 2.05) is 6.20 Å². The van der Waals surface area contributed by atoms with Crippen LogP contribution in [0.2, 0.25) is 19.6 Å². The second-order valence-electron chi connectivity index (χ2n) is 5.42. The molecule has 0 aliphatic heterocycles. The predicted octanol–water partition coefficient (Wildman–Crippen LogP) is 3.77. The SMILES string of the molecule is Cc1ccc2cc(C#C[Si](C)(C)C)ncc2c1. The quantitative estimate of drug-likeness (QED) is 0.504. The zero-order chi connectivity index (χ0) is 12.5. The minimum atomic E-state index is -1.32. The molecule has 0 saturated heterocycles. The van der Waals surface area contributed by atoms with Crippen LogP contribution in [0.25, 0.3) is 10.8 Å². The Morgan fingerprint density at radius 2 is 1.82 bits per heavy atom. The lowest BCUT2D eigenvalue weighted by atomic mass is 10.1. The van der Waals surface area contributed by atoms with Gasteiger partial charge in [0.1, 0.15) is 13.8 Å². The van der Waals surface area contributed by atoms with Gasteiger partial charge in [0.2, 0.25) is 0 Å². The van der Waals surface area contributed by atoms with Gasteiger partial charge < -0.3 is 0 Å². The van der Waals surface area contributed by atoms with Gasteiger partial charge in [-0.2, -0.15) is 0 Å². The van der Waals surface area contributed by atoms with Gasteiger partial charge in [-0.3, -0.25) is 0 Å². The maximum Gasteiger partial charge on any atom is 0.129 e. The molecule has 86 valence electrons. The maximum atomic E-state index is 4.40. The van der Waals surface area contributed by atoms with Crippen molar-refractivity contribution in [1.29, 1.82) is 0 Å². The normalized spacial score (nSPS) is 11.1. The summed E-state index contributed by atoms with van der Waals surface area (Å²) in [6, 6.07) is 8.48. The molecule has 2 aromatic rings. The number of hydrogen-bond donors (Lipinski definition) is 0. The topological polar surface area (TPSA) is 12.9 Å². The van der Waals surface area contributed by atoms with E-state index in [9.17, 15) is 0 Å². The first-order valence-corrected chi connectivity index (χ1v) is 9.34. The van der Waals surface area contributed by atoms with Gasteiger partial charge in [-0.1, -0.05) is 43.3 Å². The lowest BCUT2D eigenvalue weighted by Gasteiger charge is -2.03. The van der Waals surface area contributed by atoms with Gasteiger partial charge in [-0.25, -0.2) is 4.98 Å². The van der Waals surface area contributed by atoms with Gasteiger partial charge >= 0.3 is 0 Å². The first kappa shape index (κ1) is 11.9. The summed E-state index contributed by atoms with van der Waals surface area (Å²) in [7, 11) is -1.32. The van der Waals surface area contributed by atoms with Crippen molar-refractivity contribution in [2.75, 3.05) is 0 Å². The number of aryl methyl sites for hydroxylation is 1. The van der Waals surface area contributed by atoms with E-state index in [0.717, 1.165) is 5.69 Å². The van der Waals surface area contributed by atoms with Crippen molar-refractivity contribution in [3.05, 3.63) is 41.7 Å². The van der Waals surface area contributed by atoms with Gasteiger partial charge in [0.15, 0.2) is 0 Å². The fraction of sp³-hybridized carbons (Fsp3) is 0.267. The summed E-state index contributed by atoms with van der Waals surface area (Å²) in [5, 5.41) is 2.40. The molecule has 0 unspecified atom stereocenters. The number of rotatable bonds is 0. The highest BCUT2D eigenvalue weighted by molar-refractivity contribution is 6.83. The number of aromatic nitrogens is 1. The van der Waals surface area contributed by atoms with E-state index < -0.39 is 8.07 Å². The monoisotopic (exact) mass is 239 g/mol. The highest BCUT2D eigenvalue weighted by atomic mass is 28.3. The molecule has 0 N–H and O–H groups in total. The molecule has 2 rings (SSSR count). The molecule has 0 aliphatic carbocycles. The Morgan fingerprint density at radius 3 is 2.53 bits per heavy atom. The molecular weight excluding hydrogens is 222 g/mol. The molecule has 1 heterocycles. The van der Waals surface area contributed by atoms with Crippen molar-refractivity contribution < 1.29 is 0 Å². The highest BCUT2D eigenvalue weighted by Crippen LogP contribution is 2.15. The summed E-state index contributed by atoms with van der Waals surface area (Å²) in [4.78, 5) is 4.40. The average molecular weight is 239 g/mol. The first-order valence-electron chi connectivity index (χ1n) is 5.84. The number of hydrogen-bond acceptors (Lipinski definition) is 1. The summed E-state index contributed by atoms with van der Waals surface area (Å²) in [6.45, 7) is 8.82. The Bertz CT molecular complexity index is 612. The minimum absolute atomic E-state index is 0.878. The van der Waals surface area contributed by atoms with E-state index in [-0.39, 0.29) is 0 Å². The van der Waals surface area contributed by atoms with Crippen LogP contribution in [0.1, 0.15) is 11.3 Å². The third-order valence-corrected chi connectivity index (χ3v) is 3.32. The molecule has 17 heavy (non-hydrogen) atoms. The molecular formula is C15H17NSi. The van der Waals surface area contributed by atoms with Crippen molar-refractivity contribution >= 4 is 18.8 Å². The highest BCUT2D eigenvalue weighted by Gasteiger charge is 2.07. The van der Waals surface area contributed by atoms with Crippen LogP contribution in [-0.4, -0.2) is 13.1 Å². The van der Waals surface area contributed by atoms with Gasteiger partial charge in [-0.05, 0) is 24.4 Å². The average Bonchev–Trinajstić information content (AvgIpc) is 2.25. The number of nitrogens with zero attached hydrogens (tertiary/aromatic N) is 1. The second kappa shape index (κ2) is 4.35. The molecule has 1 aromatic carbocycles. The van der Waals surface area contributed by atoms with E-state index in [1.54, 1.807) is 0 Å². The Labute approximate surface area is 104 Å². The van der Waals surface area contributed by atoms with Crippen molar-refractivity contribution in [1.82, 2.24) is 4.98 Å². The largest absolute Gasteiger partial charge is 0.247 e. The first-order chi connectivity index (χ1) is 7.94. The summed E-state index contributed by atoms with van der Waals surface area (Å²) in [6.07, 6.45) is 1.91. The van der Waals surface area contributed by atoms with Crippen LogP contribution in [0.5, 0.6) is 0 Å². The standard InChI is InChI=1S/C15H17NSi/c1-12-5-6-13-10-15(7-8-17(2,3)4)16-11-14(13)9-12/h5-6,9-11H,1-4H3. The molecule has 1 aromatic heterocycles. The fourth-order valence-electron chi connectivity index (χ4n) is 1.58. The summed E-state index contributed by atoms with van der Waals surface area (Å²) in [5.74, 6) is 3.19. The van der Waals surface area contributed by atoms with E-state index in [2.05, 4.69) is 67.3 Å².